The Morgan fingerprint density at radius 1 is 1.28 bits per heavy atom. The number of rotatable bonds is 5. The van der Waals surface area contributed by atoms with E-state index < -0.39 is 5.97 Å². The van der Waals surface area contributed by atoms with Gasteiger partial charge in [-0.3, -0.25) is 9.59 Å². The average molecular weight is 251 g/mol. The van der Waals surface area contributed by atoms with Crippen LogP contribution in [0, 0.1) is 0 Å². The number of carbonyl (C=O) groups excluding carboxylic acids is 2. The van der Waals surface area contributed by atoms with Crippen molar-refractivity contribution >= 4 is 17.8 Å². The molecule has 1 aromatic rings. The number of aromatic carboxylic acids is 1. The highest BCUT2D eigenvalue weighted by molar-refractivity contribution is 5.85. The van der Waals surface area contributed by atoms with E-state index in [0.717, 1.165) is 0 Å². The largest absolute Gasteiger partial charge is 0.477 e. The molecule has 0 radical (unpaired) electrons. The van der Waals surface area contributed by atoms with E-state index in [1.54, 1.807) is 6.07 Å². The summed E-state index contributed by atoms with van der Waals surface area (Å²) in [6, 6.07) is 2.92. The van der Waals surface area contributed by atoms with Gasteiger partial charge in [0, 0.05) is 19.7 Å². The van der Waals surface area contributed by atoms with Crippen molar-refractivity contribution in [2.45, 2.75) is 13.5 Å². The zero-order valence-electron chi connectivity index (χ0n) is 9.77. The third kappa shape index (κ3) is 4.60. The smallest absolute Gasteiger partial charge is 0.354 e. The van der Waals surface area contributed by atoms with Gasteiger partial charge in [0.15, 0.2) is 0 Å². The molecule has 7 heteroatoms. The molecule has 0 aliphatic carbocycles. The minimum absolute atomic E-state index is 0.0525. The molecule has 1 heterocycles. The second-order valence-electron chi connectivity index (χ2n) is 3.54. The molecule has 3 N–H and O–H groups in total. The van der Waals surface area contributed by atoms with Crippen molar-refractivity contribution in [3.8, 4) is 0 Å². The first-order valence-corrected chi connectivity index (χ1v) is 5.18. The monoisotopic (exact) mass is 251 g/mol. The molecule has 0 saturated heterocycles. The van der Waals surface area contributed by atoms with Gasteiger partial charge in [0.05, 0.1) is 6.54 Å². The summed E-state index contributed by atoms with van der Waals surface area (Å²) in [5.74, 6) is -1.71. The van der Waals surface area contributed by atoms with Gasteiger partial charge < -0.3 is 15.7 Å². The number of hydrogen-bond donors (Lipinski definition) is 3. The summed E-state index contributed by atoms with van der Waals surface area (Å²) in [6.07, 6.45) is 1.38. The molecule has 0 saturated carbocycles. The molecule has 0 atom stereocenters. The number of hydrogen-bond acceptors (Lipinski definition) is 4. The molecule has 1 rings (SSSR count). The molecular weight excluding hydrogens is 238 g/mol. The van der Waals surface area contributed by atoms with Crippen LogP contribution in [-0.4, -0.2) is 34.4 Å². The maximum Gasteiger partial charge on any atom is 0.354 e. The van der Waals surface area contributed by atoms with Crippen molar-refractivity contribution in [3.63, 3.8) is 0 Å². The Balaban J connectivity index is 2.41. The molecule has 0 aliphatic rings. The lowest BCUT2D eigenvalue weighted by Gasteiger charge is -2.05. The van der Waals surface area contributed by atoms with Crippen LogP contribution in [0.2, 0.25) is 0 Å². The van der Waals surface area contributed by atoms with E-state index in [9.17, 15) is 14.4 Å². The Labute approximate surface area is 103 Å². The number of amides is 2. The van der Waals surface area contributed by atoms with Gasteiger partial charge in [-0.2, -0.15) is 0 Å². The fourth-order valence-corrected chi connectivity index (χ4v) is 1.12. The Kier molecular flexibility index (Phi) is 4.79. The second kappa shape index (κ2) is 6.33. The summed E-state index contributed by atoms with van der Waals surface area (Å²) in [5, 5.41) is 13.6. The topological polar surface area (TPSA) is 108 Å². The van der Waals surface area contributed by atoms with Crippen molar-refractivity contribution in [2.75, 3.05) is 6.54 Å². The van der Waals surface area contributed by atoms with Gasteiger partial charge in [0.25, 0.3) is 0 Å². The van der Waals surface area contributed by atoms with Gasteiger partial charge >= 0.3 is 5.97 Å². The van der Waals surface area contributed by atoms with Gasteiger partial charge in [-0.05, 0) is 11.6 Å². The predicted molar refractivity (Wildman–Crippen MR) is 61.7 cm³/mol. The van der Waals surface area contributed by atoms with E-state index in [2.05, 4.69) is 15.6 Å². The van der Waals surface area contributed by atoms with Crippen LogP contribution in [0.25, 0.3) is 0 Å². The summed E-state index contributed by atoms with van der Waals surface area (Å²) >= 11 is 0. The van der Waals surface area contributed by atoms with Crippen LogP contribution >= 0.6 is 0 Å². The van der Waals surface area contributed by atoms with Gasteiger partial charge in [-0.1, -0.05) is 6.07 Å². The number of carboxylic acid groups (broad SMARTS) is 1. The first-order valence-electron chi connectivity index (χ1n) is 5.18. The Hall–Kier alpha value is -2.44. The molecule has 0 unspecified atom stereocenters. The van der Waals surface area contributed by atoms with E-state index >= 15 is 0 Å². The summed E-state index contributed by atoms with van der Waals surface area (Å²) in [6.45, 7) is 1.46. The van der Waals surface area contributed by atoms with Crippen LogP contribution in [0.3, 0.4) is 0 Å². The van der Waals surface area contributed by atoms with Gasteiger partial charge in [-0.25, -0.2) is 9.78 Å². The zero-order chi connectivity index (χ0) is 13.5. The lowest BCUT2D eigenvalue weighted by molar-refractivity contribution is -0.125. The van der Waals surface area contributed by atoms with Crippen molar-refractivity contribution in [1.29, 1.82) is 0 Å². The van der Waals surface area contributed by atoms with Crippen LogP contribution in [0.15, 0.2) is 18.3 Å². The molecule has 2 amide bonds. The first kappa shape index (κ1) is 13.6. The molecule has 1 aromatic heterocycles. The molecule has 7 nitrogen and oxygen atoms in total. The molecule has 0 fully saturated rings. The Morgan fingerprint density at radius 3 is 2.50 bits per heavy atom. The molecule has 0 aromatic carbocycles. The highest BCUT2D eigenvalue weighted by Crippen LogP contribution is 1.99. The van der Waals surface area contributed by atoms with Crippen LogP contribution < -0.4 is 10.6 Å². The van der Waals surface area contributed by atoms with Crippen LogP contribution in [-0.2, 0) is 16.1 Å². The molecular formula is C11H13N3O4. The minimum Gasteiger partial charge on any atom is -0.477 e. The number of carboxylic acids is 1. The quantitative estimate of drug-likeness (QED) is 0.655. The number of aromatic nitrogens is 1. The third-order valence-electron chi connectivity index (χ3n) is 2.03. The normalized spacial score (nSPS) is 9.61. The van der Waals surface area contributed by atoms with E-state index in [1.165, 1.54) is 19.2 Å². The number of carbonyl (C=O) groups is 3. The van der Waals surface area contributed by atoms with E-state index in [0.29, 0.717) is 5.56 Å². The van der Waals surface area contributed by atoms with Crippen molar-refractivity contribution in [3.05, 3.63) is 29.6 Å². The van der Waals surface area contributed by atoms with Crippen molar-refractivity contribution in [2.24, 2.45) is 0 Å². The van der Waals surface area contributed by atoms with Gasteiger partial charge in [0.2, 0.25) is 11.8 Å². The number of nitrogens with zero attached hydrogens (tertiary/aromatic N) is 1. The third-order valence-corrected chi connectivity index (χ3v) is 2.03. The second-order valence-corrected chi connectivity index (χ2v) is 3.54. The van der Waals surface area contributed by atoms with Crippen LogP contribution in [0.5, 0.6) is 0 Å². The SMILES string of the molecule is CC(=O)NCC(=O)NCc1ccc(C(=O)O)nc1. The predicted octanol–water partition coefficient (Wildman–Crippen LogP) is -0.468. The van der Waals surface area contributed by atoms with E-state index in [-0.39, 0.29) is 30.6 Å². The average Bonchev–Trinajstić information content (AvgIpc) is 2.34. The summed E-state index contributed by atoms with van der Waals surface area (Å²) in [4.78, 5) is 36.1. The molecule has 0 bridgehead atoms. The standard InChI is InChI=1S/C11H13N3O4/c1-7(15)12-6-10(16)14-5-8-2-3-9(11(17)18)13-4-8/h2-4H,5-6H2,1H3,(H,12,15)(H,14,16)(H,17,18). The van der Waals surface area contributed by atoms with Crippen molar-refractivity contribution in [1.82, 2.24) is 15.6 Å². The molecule has 0 aliphatic heterocycles. The van der Waals surface area contributed by atoms with E-state index in [1.807, 2.05) is 0 Å². The molecule has 96 valence electrons. The molecule has 18 heavy (non-hydrogen) atoms. The van der Waals surface area contributed by atoms with Crippen molar-refractivity contribution < 1.29 is 19.5 Å². The summed E-state index contributed by atoms with van der Waals surface area (Å²) in [5.41, 5.74) is 0.625. The fourth-order valence-electron chi connectivity index (χ4n) is 1.12. The fraction of sp³-hybridized carbons (Fsp3) is 0.273. The van der Waals surface area contributed by atoms with Gasteiger partial charge in [-0.15, -0.1) is 0 Å². The Morgan fingerprint density at radius 2 is 2.00 bits per heavy atom. The summed E-state index contributed by atoms with van der Waals surface area (Å²) < 4.78 is 0. The maximum atomic E-state index is 11.3. The highest BCUT2D eigenvalue weighted by atomic mass is 16.4. The zero-order valence-corrected chi connectivity index (χ0v) is 9.77. The van der Waals surface area contributed by atoms with Crippen LogP contribution in [0.4, 0.5) is 0 Å². The highest BCUT2D eigenvalue weighted by Gasteiger charge is 2.05. The van der Waals surface area contributed by atoms with E-state index in [4.69, 9.17) is 5.11 Å². The lowest BCUT2D eigenvalue weighted by atomic mass is 10.2. The minimum atomic E-state index is -1.10. The maximum absolute atomic E-state index is 11.3. The Bertz CT molecular complexity index is 456. The summed E-state index contributed by atoms with van der Waals surface area (Å²) in [7, 11) is 0. The molecule has 0 spiro atoms. The van der Waals surface area contributed by atoms with Gasteiger partial charge in [0.1, 0.15) is 5.69 Å². The lowest BCUT2D eigenvalue weighted by Crippen LogP contribution is -2.35. The first-order chi connectivity index (χ1) is 8.49. The number of pyridine rings is 1. The van der Waals surface area contributed by atoms with Crippen LogP contribution in [0.1, 0.15) is 23.0 Å². The number of nitrogens with one attached hydrogen (secondary N) is 2.